The van der Waals surface area contributed by atoms with E-state index in [0.717, 1.165) is 29.8 Å². The zero-order valence-electron chi connectivity index (χ0n) is 16.2. The lowest BCUT2D eigenvalue weighted by atomic mass is 10.0. The molecule has 1 amide bonds. The fourth-order valence-corrected chi connectivity index (χ4v) is 3.25. The Labute approximate surface area is 168 Å². The van der Waals surface area contributed by atoms with Crippen molar-refractivity contribution in [3.8, 4) is 0 Å². The monoisotopic (exact) mass is 428 g/mol. The van der Waals surface area contributed by atoms with Gasteiger partial charge in [-0.05, 0) is 61.7 Å². The van der Waals surface area contributed by atoms with E-state index < -0.39 is 32.9 Å². The highest BCUT2D eigenvalue weighted by Crippen LogP contribution is 2.29. The van der Waals surface area contributed by atoms with Crippen molar-refractivity contribution in [1.82, 2.24) is 4.72 Å². The third-order valence-electron chi connectivity index (χ3n) is 4.42. The molecule has 0 bridgehead atoms. The highest BCUT2D eigenvalue weighted by molar-refractivity contribution is 7.90. The first-order chi connectivity index (χ1) is 13.4. The van der Waals surface area contributed by atoms with Crippen LogP contribution in [0.4, 0.5) is 18.9 Å². The van der Waals surface area contributed by atoms with E-state index in [2.05, 4.69) is 10.0 Å². The van der Waals surface area contributed by atoms with Gasteiger partial charge in [0.1, 0.15) is 0 Å². The van der Waals surface area contributed by atoms with Gasteiger partial charge >= 0.3 is 6.18 Å². The zero-order valence-corrected chi connectivity index (χ0v) is 17.1. The van der Waals surface area contributed by atoms with Gasteiger partial charge in [0.05, 0.1) is 10.8 Å². The van der Waals surface area contributed by atoms with E-state index >= 15 is 0 Å². The molecule has 0 aliphatic rings. The summed E-state index contributed by atoms with van der Waals surface area (Å²) in [5.74, 6) is -0.604. The number of amides is 1. The minimum Gasteiger partial charge on any atom is -0.322 e. The van der Waals surface area contributed by atoms with Crippen LogP contribution in [0.5, 0.6) is 0 Å². The Hall–Kier alpha value is -2.39. The van der Waals surface area contributed by atoms with Crippen LogP contribution < -0.4 is 10.0 Å². The Balaban J connectivity index is 1.98. The number of hydrogen-bond acceptors (Lipinski definition) is 3. The smallest absolute Gasteiger partial charge is 0.322 e. The molecule has 158 valence electrons. The predicted octanol–water partition coefficient (Wildman–Crippen LogP) is 4.39. The normalized spacial score (nSPS) is 13.3. The van der Waals surface area contributed by atoms with Gasteiger partial charge in [-0.1, -0.05) is 19.1 Å². The molecule has 0 heterocycles. The quantitative estimate of drug-likeness (QED) is 0.687. The number of carbonyl (C=O) groups is 1. The van der Waals surface area contributed by atoms with Crippen molar-refractivity contribution in [2.24, 2.45) is 0 Å². The standard InChI is InChI=1S/C20H23F3N2O3S/c1-13(2)29(27,28)24-12-14(3)15-6-10-18(11-7-15)25-19(26)16-4-8-17(9-5-16)20(21,22)23/h4-11,13-14,24H,12H2,1-3H3,(H,25,26). The maximum absolute atomic E-state index is 12.6. The average molecular weight is 428 g/mol. The molecule has 2 rings (SSSR count). The number of sulfonamides is 1. The molecule has 29 heavy (non-hydrogen) atoms. The first-order valence-corrected chi connectivity index (χ1v) is 10.5. The number of carbonyl (C=O) groups excluding carboxylic acids is 1. The Bertz CT molecular complexity index is 938. The van der Waals surface area contributed by atoms with E-state index in [-0.39, 0.29) is 18.0 Å². The van der Waals surface area contributed by atoms with Gasteiger partial charge in [0, 0.05) is 17.8 Å². The molecule has 1 unspecified atom stereocenters. The molecular weight excluding hydrogens is 405 g/mol. The maximum atomic E-state index is 12.6. The molecule has 0 aromatic heterocycles. The second-order valence-corrected chi connectivity index (χ2v) is 9.32. The van der Waals surface area contributed by atoms with E-state index in [1.54, 1.807) is 38.1 Å². The van der Waals surface area contributed by atoms with Crippen LogP contribution in [0.25, 0.3) is 0 Å². The largest absolute Gasteiger partial charge is 0.416 e. The lowest BCUT2D eigenvalue weighted by molar-refractivity contribution is -0.137. The molecule has 0 saturated heterocycles. The number of hydrogen-bond donors (Lipinski definition) is 2. The van der Waals surface area contributed by atoms with Crippen molar-refractivity contribution in [2.75, 3.05) is 11.9 Å². The molecule has 0 aliphatic carbocycles. The summed E-state index contributed by atoms with van der Waals surface area (Å²) in [6.07, 6.45) is -4.45. The second kappa shape index (κ2) is 8.96. The number of anilines is 1. The summed E-state index contributed by atoms with van der Waals surface area (Å²) in [4.78, 5) is 12.2. The average Bonchev–Trinajstić information content (AvgIpc) is 2.66. The van der Waals surface area contributed by atoms with Gasteiger partial charge in [-0.25, -0.2) is 13.1 Å². The van der Waals surface area contributed by atoms with Gasteiger partial charge in [-0.15, -0.1) is 0 Å². The van der Waals surface area contributed by atoms with Crippen LogP contribution in [0.2, 0.25) is 0 Å². The van der Waals surface area contributed by atoms with E-state index in [1.807, 2.05) is 6.92 Å². The van der Waals surface area contributed by atoms with E-state index in [0.29, 0.717) is 5.69 Å². The van der Waals surface area contributed by atoms with Crippen LogP contribution in [0.1, 0.15) is 48.2 Å². The SMILES string of the molecule is CC(CNS(=O)(=O)C(C)C)c1ccc(NC(=O)c2ccc(C(F)(F)F)cc2)cc1. The van der Waals surface area contributed by atoms with E-state index in [4.69, 9.17) is 0 Å². The molecule has 2 aromatic carbocycles. The van der Waals surface area contributed by atoms with Crippen molar-refractivity contribution in [3.63, 3.8) is 0 Å². The van der Waals surface area contributed by atoms with Crippen molar-refractivity contribution < 1.29 is 26.4 Å². The molecule has 0 saturated carbocycles. The number of benzene rings is 2. The molecular formula is C20H23F3N2O3S. The van der Waals surface area contributed by atoms with Crippen molar-refractivity contribution in [1.29, 1.82) is 0 Å². The highest BCUT2D eigenvalue weighted by atomic mass is 32.2. The first-order valence-electron chi connectivity index (χ1n) is 8.97. The van der Waals surface area contributed by atoms with Crippen LogP contribution in [0, 0.1) is 0 Å². The summed E-state index contributed by atoms with van der Waals surface area (Å²) in [6, 6.07) is 10.8. The molecule has 0 spiro atoms. The van der Waals surface area contributed by atoms with Crippen LogP contribution in [0.15, 0.2) is 48.5 Å². The summed E-state index contributed by atoms with van der Waals surface area (Å²) < 4.78 is 64.0. The van der Waals surface area contributed by atoms with E-state index in [1.165, 1.54) is 0 Å². The minimum absolute atomic E-state index is 0.0804. The minimum atomic E-state index is -4.45. The molecule has 2 aromatic rings. The zero-order chi connectivity index (χ0) is 21.8. The van der Waals surface area contributed by atoms with Crippen LogP contribution >= 0.6 is 0 Å². The molecule has 2 N–H and O–H groups in total. The van der Waals surface area contributed by atoms with Gasteiger partial charge in [0.25, 0.3) is 5.91 Å². The molecule has 5 nitrogen and oxygen atoms in total. The lowest BCUT2D eigenvalue weighted by Gasteiger charge is -2.15. The topological polar surface area (TPSA) is 75.3 Å². The summed E-state index contributed by atoms with van der Waals surface area (Å²) in [5.41, 5.74) is 0.650. The van der Waals surface area contributed by atoms with Crippen LogP contribution in [-0.4, -0.2) is 26.1 Å². The third kappa shape index (κ3) is 6.30. The van der Waals surface area contributed by atoms with Crippen molar-refractivity contribution in [2.45, 2.75) is 38.1 Å². The number of alkyl halides is 3. The van der Waals surface area contributed by atoms with Crippen LogP contribution in [0.3, 0.4) is 0 Å². The summed E-state index contributed by atoms with van der Waals surface area (Å²) in [6.45, 7) is 5.32. The fraction of sp³-hybridized carbons (Fsp3) is 0.350. The summed E-state index contributed by atoms with van der Waals surface area (Å²) in [5, 5.41) is 2.11. The molecule has 9 heteroatoms. The summed E-state index contributed by atoms with van der Waals surface area (Å²) in [7, 11) is -3.35. The van der Waals surface area contributed by atoms with Gasteiger partial charge in [0.2, 0.25) is 10.0 Å². The molecule has 0 aliphatic heterocycles. The fourth-order valence-electron chi connectivity index (χ4n) is 2.43. The second-order valence-electron chi connectivity index (χ2n) is 6.99. The number of halogens is 3. The molecule has 1 atom stereocenters. The lowest BCUT2D eigenvalue weighted by Crippen LogP contribution is -2.33. The van der Waals surface area contributed by atoms with Gasteiger partial charge in [-0.3, -0.25) is 4.79 Å². The van der Waals surface area contributed by atoms with Crippen molar-refractivity contribution >= 4 is 21.6 Å². The van der Waals surface area contributed by atoms with E-state index in [9.17, 15) is 26.4 Å². The summed E-state index contributed by atoms with van der Waals surface area (Å²) >= 11 is 0. The van der Waals surface area contributed by atoms with Crippen molar-refractivity contribution in [3.05, 3.63) is 65.2 Å². The highest BCUT2D eigenvalue weighted by Gasteiger charge is 2.30. The van der Waals surface area contributed by atoms with Gasteiger partial charge in [0.15, 0.2) is 0 Å². The predicted molar refractivity (Wildman–Crippen MR) is 106 cm³/mol. The van der Waals surface area contributed by atoms with Gasteiger partial charge in [-0.2, -0.15) is 13.2 Å². The number of rotatable bonds is 7. The Morgan fingerprint density at radius 2 is 1.52 bits per heavy atom. The third-order valence-corrected chi connectivity index (χ3v) is 6.23. The van der Waals surface area contributed by atoms with Crippen LogP contribution in [-0.2, 0) is 16.2 Å². The van der Waals surface area contributed by atoms with Gasteiger partial charge < -0.3 is 5.32 Å². The number of nitrogens with one attached hydrogen (secondary N) is 2. The first kappa shape index (κ1) is 22.9. The maximum Gasteiger partial charge on any atom is 0.416 e. The Kier molecular flexibility index (Phi) is 7.07. The molecule has 0 radical (unpaired) electrons. The Morgan fingerprint density at radius 1 is 0.966 bits per heavy atom. The Morgan fingerprint density at radius 3 is 2.00 bits per heavy atom. The molecule has 0 fully saturated rings.